The lowest BCUT2D eigenvalue weighted by Crippen LogP contribution is -2.16. The van der Waals surface area contributed by atoms with Gasteiger partial charge in [-0.25, -0.2) is 0 Å². The summed E-state index contributed by atoms with van der Waals surface area (Å²) in [5, 5.41) is 2.51. The summed E-state index contributed by atoms with van der Waals surface area (Å²) in [4.78, 5) is 2.40. The van der Waals surface area contributed by atoms with Gasteiger partial charge < -0.3 is 9.47 Å². The van der Waals surface area contributed by atoms with Crippen LogP contribution in [0.15, 0.2) is 267 Å². The van der Waals surface area contributed by atoms with Crippen LogP contribution in [0.25, 0.3) is 94.3 Å². The molecular weight excluding hydrogens is 857 g/mol. The molecule has 2 heteroatoms. The lowest BCUT2D eigenvalue weighted by molar-refractivity contribution is 0.660. The van der Waals surface area contributed by atoms with Crippen molar-refractivity contribution in [2.45, 2.75) is 19.3 Å². The molecule has 71 heavy (non-hydrogen) atoms. The van der Waals surface area contributed by atoms with E-state index in [1.54, 1.807) is 0 Å². The fourth-order valence-electron chi connectivity index (χ4n) is 11.2. The van der Waals surface area contributed by atoms with Crippen LogP contribution in [0.5, 0.6) is 0 Å². The average Bonchev–Trinajstić information content (AvgIpc) is 3.89. The van der Waals surface area contributed by atoms with Gasteiger partial charge in [0.15, 0.2) is 0 Å². The van der Waals surface area contributed by atoms with Crippen LogP contribution in [0.1, 0.15) is 25.0 Å². The van der Waals surface area contributed by atoms with E-state index in [4.69, 9.17) is 0 Å². The molecule has 0 aliphatic heterocycles. The van der Waals surface area contributed by atoms with E-state index in [1.807, 2.05) is 0 Å². The van der Waals surface area contributed by atoms with Crippen LogP contribution < -0.4 is 4.90 Å². The van der Waals surface area contributed by atoms with Gasteiger partial charge in [0.2, 0.25) is 0 Å². The van der Waals surface area contributed by atoms with Gasteiger partial charge in [0, 0.05) is 38.9 Å². The molecule has 0 atom stereocenters. The number of rotatable bonds is 9. The van der Waals surface area contributed by atoms with E-state index in [0.29, 0.717) is 0 Å². The Kier molecular flexibility index (Phi) is 10.2. The number of hydrogen-bond donors (Lipinski definition) is 0. The zero-order valence-corrected chi connectivity index (χ0v) is 39.8. The topological polar surface area (TPSA) is 8.17 Å². The summed E-state index contributed by atoms with van der Waals surface area (Å²) in [7, 11) is 0. The van der Waals surface area contributed by atoms with Gasteiger partial charge in [0.1, 0.15) is 0 Å². The van der Waals surface area contributed by atoms with Crippen LogP contribution in [0, 0.1) is 0 Å². The first-order chi connectivity index (χ1) is 34.9. The van der Waals surface area contributed by atoms with Crippen LogP contribution in [0.3, 0.4) is 0 Å². The maximum Gasteiger partial charge on any atom is 0.0541 e. The van der Waals surface area contributed by atoms with Gasteiger partial charge in [-0.1, -0.05) is 196 Å². The molecule has 0 unspecified atom stereocenters. The maximum atomic E-state index is 2.41. The Labute approximate surface area is 416 Å². The quantitative estimate of drug-likeness (QED) is 0.140. The Hall–Kier alpha value is -8.98. The first-order valence-electron chi connectivity index (χ1n) is 24.7. The number of anilines is 3. The van der Waals surface area contributed by atoms with E-state index >= 15 is 0 Å². The standard InChI is InChI=1S/C69H50N2/c1-69(2)65-28-11-9-26-61(65)62-40-39-60(46-66(62)69)70(58-35-30-48(31-36-58)47-16-5-3-6-17-47)59-37-32-49(33-38-59)50-18-13-19-51(42-50)52-20-14-21-53(43-52)54-22-15-23-55(44-54)56-34-41-68-64(45-56)63-27-10-12-29-67(63)71(68)57-24-7-4-8-25-57/h3-46H,1-2H3. The lowest BCUT2D eigenvalue weighted by atomic mass is 9.82. The molecule has 0 fully saturated rings. The summed E-state index contributed by atoms with van der Waals surface area (Å²) in [5.41, 5.74) is 24.2. The Bertz CT molecular complexity index is 3940. The highest BCUT2D eigenvalue weighted by atomic mass is 15.1. The van der Waals surface area contributed by atoms with Gasteiger partial charge in [-0.3, -0.25) is 0 Å². The Morgan fingerprint density at radius 1 is 0.282 bits per heavy atom. The average molecular weight is 907 g/mol. The number of hydrogen-bond acceptors (Lipinski definition) is 1. The zero-order valence-electron chi connectivity index (χ0n) is 39.8. The van der Waals surface area contributed by atoms with Crippen molar-refractivity contribution in [3.05, 3.63) is 278 Å². The second kappa shape index (κ2) is 17.2. The van der Waals surface area contributed by atoms with Crippen molar-refractivity contribution in [2.24, 2.45) is 0 Å². The second-order valence-electron chi connectivity index (χ2n) is 19.4. The lowest BCUT2D eigenvalue weighted by Gasteiger charge is -2.28. The molecule has 1 aliphatic carbocycles. The highest BCUT2D eigenvalue weighted by Crippen LogP contribution is 2.51. The molecule has 2 nitrogen and oxygen atoms in total. The van der Waals surface area contributed by atoms with Gasteiger partial charge in [0.05, 0.1) is 11.0 Å². The smallest absolute Gasteiger partial charge is 0.0541 e. The minimum atomic E-state index is -0.105. The number of nitrogens with zero attached hydrogens (tertiary/aromatic N) is 2. The molecule has 12 aromatic rings. The molecule has 336 valence electrons. The van der Waals surface area contributed by atoms with Gasteiger partial charge in [-0.05, 0) is 163 Å². The molecule has 0 amide bonds. The molecule has 1 heterocycles. The minimum absolute atomic E-state index is 0.105. The fourth-order valence-corrected chi connectivity index (χ4v) is 11.2. The normalized spacial score (nSPS) is 12.5. The summed E-state index contributed by atoms with van der Waals surface area (Å²) in [6.45, 7) is 4.71. The van der Waals surface area contributed by atoms with E-state index in [9.17, 15) is 0 Å². The van der Waals surface area contributed by atoms with Crippen LogP contribution in [0.4, 0.5) is 17.1 Å². The monoisotopic (exact) mass is 906 g/mol. The minimum Gasteiger partial charge on any atom is -0.310 e. The third-order valence-electron chi connectivity index (χ3n) is 14.8. The SMILES string of the molecule is CC1(C)c2ccccc2-c2ccc(N(c3ccc(-c4ccccc4)cc3)c3ccc(-c4cccc(-c5cccc(-c6cccc(-c7ccc8c(c7)c7ccccc7n8-c7ccccc7)c6)c5)c4)cc3)cc21. The zero-order chi connectivity index (χ0) is 47.5. The van der Waals surface area contributed by atoms with Crippen LogP contribution in [0.2, 0.25) is 0 Å². The predicted molar refractivity (Wildman–Crippen MR) is 300 cm³/mol. The van der Waals surface area contributed by atoms with Gasteiger partial charge in [-0.15, -0.1) is 0 Å². The third kappa shape index (κ3) is 7.44. The highest BCUT2D eigenvalue weighted by Gasteiger charge is 2.35. The second-order valence-corrected chi connectivity index (χ2v) is 19.4. The molecule has 0 saturated carbocycles. The summed E-state index contributed by atoms with van der Waals surface area (Å²) in [5.74, 6) is 0. The molecule has 13 rings (SSSR count). The third-order valence-corrected chi connectivity index (χ3v) is 14.8. The van der Waals surface area contributed by atoms with Gasteiger partial charge >= 0.3 is 0 Å². The van der Waals surface area contributed by atoms with Gasteiger partial charge in [0.25, 0.3) is 0 Å². The summed E-state index contributed by atoms with van der Waals surface area (Å²) in [6, 6.07) is 97.7. The molecule has 0 bridgehead atoms. The Balaban J connectivity index is 0.809. The predicted octanol–water partition coefficient (Wildman–Crippen LogP) is 18.9. The molecule has 0 N–H and O–H groups in total. The highest BCUT2D eigenvalue weighted by molar-refractivity contribution is 6.10. The first-order valence-corrected chi connectivity index (χ1v) is 24.7. The molecule has 1 aromatic heterocycles. The van der Waals surface area contributed by atoms with E-state index in [2.05, 4.69) is 290 Å². The van der Waals surface area contributed by atoms with Crippen molar-refractivity contribution in [3.8, 4) is 72.4 Å². The number of benzene rings is 11. The maximum absolute atomic E-state index is 2.41. The van der Waals surface area contributed by atoms with Crippen molar-refractivity contribution in [1.82, 2.24) is 4.57 Å². The van der Waals surface area contributed by atoms with Crippen molar-refractivity contribution >= 4 is 38.9 Å². The van der Waals surface area contributed by atoms with Gasteiger partial charge in [-0.2, -0.15) is 0 Å². The van der Waals surface area contributed by atoms with Crippen LogP contribution in [-0.4, -0.2) is 4.57 Å². The molecule has 11 aromatic carbocycles. The number of fused-ring (bicyclic) bond motifs is 6. The summed E-state index contributed by atoms with van der Waals surface area (Å²) >= 11 is 0. The van der Waals surface area contributed by atoms with Crippen molar-refractivity contribution < 1.29 is 0 Å². The fraction of sp³-hybridized carbons (Fsp3) is 0.0435. The molecule has 0 radical (unpaired) electrons. The van der Waals surface area contributed by atoms with Crippen molar-refractivity contribution in [2.75, 3.05) is 4.90 Å². The summed E-state index contributed by atoms with van der Waals surface area (Å²) < 4.78 is 2.37. The molecule has 0 saturated heterocycles. The van der Waals surface area contributed by atoms with Crippen molar-refractivity contribution in [3.63, 3.8) is 0 Å². The van der Waals surface area contributed by atoms with E-state index in [0.717, 1.165) is 17.1 Å². The van der Waals surface area contributed by atoms with Crippen LogP contribution >= 0.6 is 0 Å². The van der Waals surface area contributed by atoms with E-state index in [-0.39, 0.29) is 5.41 Å². The largest absolute Gasteiger partial charge is 0.310 e. The summed E-state index contributed by atoms with van der Waals surface area (Å²) in [6.07, 6.45) is 0. The van der Waals surface area contributed by atoms with Crippen LogP contribution in [-0.2, 0) is 5.41 Å². The van der Waals surface area contributed by atoms with Crippen molar-refractivity contribution in [1.29, 1.82) is 0 Å². The Morgan fingerprint density at radius 2 is 0.704 bits per heavy atom. The number of aromatic nitrogens is 1. The number of para-hydroxylation sites is 2. The molecule has 1 aliphatic rings. The van der Waals surface area contributed by atoms with E-state index < -0.39 is 0 Å². The Morgan fingerprint density at radius 3 is 1.32 bits per heavy atom. The molecule has 0 spiro atoms. The molecular formula is C69H50N2. The first kappa shape index (κ1) is 42.1. The van der Waals surface area contributed by atoms with E-state index in [1.165, 1.54) is 105 Å².